The van der Waals surface area contributed by atoms with Crippen LogP contribution in [0.5, 0.6) is 0 Å². The number of carboxylic acids is 2. The van der Waals surface area contributed by atoms with E-state index in [0.717, 1.165) is 74.1 Å². The number of aromatic amines is 3. The second-order valence-corrected chi connectivity index (χ2v) is 18.1. The normalized spacial score (nSPS) is 14.4. The van der Waals surface area contributed by atoms with Crippen molar-refractivity contribution in [2.24, 2.45) is 0 Å². The predicted molar refractivity (Wildman–Crippen MR) is 289 cm³/mol. The molecule has 380 valence electrons. The highest BCUT2D eigenvalue weighted by atomic mass is 16.4. The molecule has 17 heteroatoms. The SMILES string of the molecule is CCC1=C(CC)c2cc3[nH]c(cc4nc(cc5[nH]c(cc1n2)c(CC)c5CC)C(CC)=C4CC)c(CC)c3CC.Nc1nc(=O)c2c([nH]1)NC[C@@H](CNc1ccc(C(=O)N[C@@H](CCC(=O)O)C(=O)O)cc1)N2. The van der Waals surface area contributed by atoms with Crippen LogP contribution in [-0.4, -0.2) is 83.1 Å². The van der Waals surface area contributed by atoms with Gasteiger partial charge < -0.3 is 52.2 Å². The van der Waals surface area contributed by atoms with Crippen LogP contribution in [0.15, 0.2) is 53.3 Å². The molecular formula is C55H69N11O6. The van der Waals surface area contributed by atoms with E-state index in [0.29, 0.717) is 30.3 Å². The Kier molecular flexibility index (Phi) is 16.7. The van der Waals surface area contributed by atoms with Crippen LogP contribution in [0.3, 0.4) is 0 Å². The smallest absolute Gasteiger partial charge is 0.326 e. The number of aryl methyl sites for hydroxylation is 4. The second-order valence-electron chi connectivity index (χ2n) is 18.1. The molecule has 0 saturated carbocycles. The largest absolute Gasteiger partial charge is 0.481 e. The molecule has 8 rings (SSSR count). The highest BCUT2D eigenvalue weighted by Gasteiger charge is 2.25. The molecule has 0 aliphatic carbocycles. The van der Waals surface area contributed by atoms with Gasteiger partial charge in [-0.05, 0) is 151 Å². The molecule has 0 radical (unpaired) electrons. The van der Waals surface area contributed by atoms with Crippen molar-refractivity contribution >= 4 is 85.3 Å². The zero-order chi connectivity index (χ0) is 51.8. The number of hydrogen-bond acceptors (Lipinski definition) is 11. The summed E-state index contributed by atoms with van der Waals surface area (Å²) in [7, 11) is 0. The van der Waals surface area contributed by atoms with Gasteiger partial charge in [0.15, 0.2) is 0 Å². The van der Waals surface area contributed by atoms with Crippen molar-refractivity contribution in [3.8, 4) is 0 Å². The Bertz CT molecular complexity index is 2920. The van der Waals surface area contributed by atoms with E-state index in [9.17, 15) is 19.2 Å². The van der Waals surface area contributed by atoms with Crippen molar-refractivity contribution in [3.63, 3.8) is 0 Å². The van der Waals surface area contributed by atoms with E-state index in [1.165, 1.54) is 78.7 Å². The first-order valence-electron chi connectivity index (χ1n) is 25.4. The minimum Gasteiger partial charge on any atom is -0.481 e. The lowest BCUT2D eigenvalue weighted by atomic mass is 9.98. The van der Waals surface area contributed by atoms with Crippen molar-refractivity contribution in [1.29, 1.82) is 0 Å². The lowest BCUT2D eigenvalue weighted by Crippen LogP contribution is -2.41. The molecule has 7 heterocycles. The zero-order valence-electron chi connectivity index (χ0n) is 42.7. The number of aromatic nitrogens is 6. The Morgan fingerprint density at radius 3 is 1.49 bits per heavy atom. The molecule has 5 aromatic rings. The molecule has 17 nitrogen and oxygen atoms in total. The lowest BCUT2D eigenvalue weighted by Gasteiger charge is -2.27. The number of carbonyl (C=O) groups excluding carboxylic acids is 1. The highest BCUT2D eigenvalue weighted by Crippen LogP contribution is 2.38. The summed E-state index contributed by atoms with van der Waals surface area (Å²) in [6, 6.07) is 14.2. The fraction of sp³-hybridized carbons (Fsp3) is 0.400. The minimum atomic E-state index is -1.30. The number of nitrogens with two attached hydrogens (primary N) is 1. The van der Waals surface area contributed by atoms with Crippen LogP contribution in [0.25, 0.3) is 44.4 Å². The second kappa shape index (κ2) is 23.0. The Labute approximate surface area is 419 Å². The third-order valence-corrected chi connectivity index (χ3v) is 13.7. The quantitative estimate of drug-likeness (QED) is 0.0416. The van der Waals surface area contributed by atoms with E-state index in [1.807, 2.05) is 0 Å². The molecule has 3 aliphatic heterocycles. The van der Waals surface area contributed by atoms with Crippen molar-refractivity contribution in [1.82, 2.24) is 35.2 Å². The molecule has 3 aliphatic rings. The van der Waals surface area contributed by atoms with Crippen molar-refractivity contribution in [3.05, 3.63) is 109 Å². The number of carbonyl (C=O) groups is 3. The van der Waals surface area contributed by atoms with Crippen molar-refractivity contribution in [2.45, 2.75) is 132 Å². The van der Waals surface area contributed by atoms with Gasteiger partial charge in [0.25, 0.3) is 11.5 Å². The molecule has 4 aromatic heterocycles. The molecule has 8 bridgehead atoms. The van der Waals surface area contributed by atoms with Gasteiger partial charge in [-0.2, -0.15) is 4.98 Å². The molecule has 0 spiro atoms. The molecular weight excluding hydrogens is 911 g/mol. The number of amides is 1. The van der Waals surface area contributed by atoms with Gasteiger partial charge in [-0.3, -0.25) is 14.4 Å². The van der Waals surface area contributed by atoms with Gasteiger partial charge in [0, 0.05) is 52.8 Å². The number of H-pyrrole nitrogens is 3. The fourth-order valence-electron chi connectivity index (χ4n) is 10.2. The molecule has 2 atom stereocenters. The number of nitrogens with zero attached hydrogens (tertiary/aromatic N) is 3. The number of nitrogens with one attached hydrogen (secondary N) is 7. The van der Waals surface area contributed by atoms with Crippen LogP contribution < -0.4 is 32.6 Å². The molecule has 11 N–H and O–H groups in total. The van der Waals surface area contributed by atoms with Crippen LogP contribution >= 0.6 is 0 Å². The number of benzene rings is 1. The molecule has 0 unspecified atom stereocenters. The summed E-state index contributed by atoms with van der Waals surface area (Å²) in [5, 5.41) is 29.5. The van der Waals surface area contributed by atoms with Gasteiger partial charge in [0.2, 0.25) is 5.95 Å². The topological polar surface area (TPSA) is 269 Å². The zero-order valence-corrected chi connectivity index (χ0v) is 42.7. The maximum Gasteiger partial charge on any atom is 0.326 e. The average molecular weight is 980 g/mol. The average Bonchev–Trinajstić information content (AvgIpc) is 4.10. The summed E-state index contributed by atoms with van der Waals surface area (Å²) in [5.74, 6) is -2.55. The van der Waals surface area contributed by atoms with Gasteiger partial charge in [-0.1, -0.05) is 55.4 Å². The fourth-order valence-corrected chi connectivity index (χ4v) is 10.2. The first kappa shape index (κ1) is 52.1. The Hall–Kier alpha value is -7.69. The molecule has 1 amide bonds. The molecule has 72 heavy (non-hydrogen) atoms. The number of anilines is 4. The van der Waals surface area contributed by atoms with Crippen molar-refractivity contribution < 1.29 is 24.6 Å². The molecule has 1 aromatic carbocycles. The van der Waals surface area contributed by atoms with E-state index in [2.05, 4.69) is 121 Å². The Morgan fingerprint density at radius 1 is 0.653 bits per heavy atom. The highest BCUT2D eigenvalue weighted by molar-refractivity contribution is 5.97. The first-order chi connectivity index (χ1) is 34.7. The van der Waals surface area contributed by atoms with E-state index < -0.39 is 29.4 Å². The number of hydrogen-bond donors (Lipinski definition) is 10. The first-order valence-corrected chi connectivity index (χ1v) is 25.4. The van der Waals surface area contributed by atoms with Crippen molar-refractivity contribution in [2.75, 3.05) is 34.8 Å². The summed E-state index contributed by atoms with van der Waals surface area (Å²) in [5.41, 5.74) is 26.5. The van der Waals surface area contributed by atoms with Gasteiger partial charge in [-0.15, -0.1) is 0 Å². The van der Waals surface area contributed by atoms with Crippen LogP contribution in [0.2, 0.25) is 0 Å². The number of aliphatic carboxylic acids is 2. The summed E-state index contributed by atoms with van der Waals surface area (Å²) in [6.45, 7) is 19.1. The van der Waals surface area contributed by atoms with Gasteiger partial charge >= 0.3 is 11.9 Å². The number of fused-ring (bicyclic) bond motifs is 9. The maximum atomic E-state index is 12.3. The van der Waals surface area contributed by atoms with Gasteiger partial charge in [-0.25, -0.2) is 14.8 Å². The van der Waals surface area contributed by atoms with E-state index in [4.69, 9.17) is 25.9 Å². The van der Waals surface area contributed by atoms with Gasteiger partial charge in [0.05, 0.1) is 28.8 Å². The monoisotopic (exact) mass is 980 g/mol. The van der Waals surface area contributed by atoms with Crippen LogP contribution in [-0.2, 0) is 35.3 Å². The third kappa shape index (κ3) is 11.1. The van der Waals surface area contributed by atoms with E-state index in [-0.39, 0.29) is 30.4 Å². The summed E-state index contributed by atoms with van der Waals surface area (Å²) in [4.78, 5) is 70.8. The summed E-state index contributed by atoms with van der Waals surface area (Å²) in [6.07, 6.45) is 7.25. The standard InChI is InChI=1S/C36H46N4.C19H23N7O6/c1-9-21-22(10-2)30-18-32-25(13-5)26(14-6)34(39-32)20-36-28(16-8)27(15-7)35(40-36)19-33-24(12-4)23(11-3)31(38-33)17-29(21)37-30;20-19-25-15-14(17(30)26-19)23-11(8-22-15)7-21-10-3-1-9(2-4-10)16(29)24-12(18(31)32)5-6-13(27)28/h17-20,37,40H,9-16H2,1-8H3;1-4,11-12,21,23H,5-8H2,(H,24,29)(H,27,28)(H,31,32)(H4,20,22,25,26,30)/t;11-,12+/m.1/s1. The minimum absolute atomic E-state index is 0.0281. The van der Waals surface area contributed by atoms with E-state index >= 15 is 0 Å². The third-order valence-electron chi connectivity index (χ3n) is 13.7. The van der Waals surface area contributed by atoms with Crippen LogP contribution in [0, 0.1) is 0 Å². The number of rotatable bonds is 17. The lowest BCUT2D eigenvalue weighted by molar-refractivity contribution is -0.140. The van der Waals surface area contributed by atoms with Gasteiger partial charge in [0.1, 0.15) is 17.5 Å². The summed E-state index contributed by atoms with van der Waals surface area (Å²) < 4.78 is 0. The van der Waals surface area contributed by atoms with E-state index in [1.54, 1.807) is 12.1 Å². The number of carboxylic acid groups (broad SMARTS) is 2. The Morgan fingerprint density at radius 2 is 1.10 bits per heavy atom. The van der Waals surface area contributed by atoms with Crippen LogP contribution in [0.1, 0.15) is 149 Å². The number of allylic oxidation sites excluding steroid dienone is 4. The maximum absolute atomic E-state index is 12.3. The Balaban J connectivity index is 0.000000217. The molecule has 0 fully saturated rings. The summed E-state index contributed by atoms with van der Waals surface area (Å²) >= 11 is 0. The van der Waals surface area contributed by atoms with Crippen LogP contribution in [0.4, 0.5) is 23.1 Å². The molecule has 0 saturated heterocycles. The predicted octanol–water partition coefficient (Wildman–Crippen LogP) is 9.74. The number of nitrogen functional groups attached to an aromatic ring is 1.